The lowest BCUT2D eigenvalue weighted by molar-refractivity contribution is -0.132. The molecule has 0 saturated heterocycles. The van der Waals surface area contributed by atoms with Crippen LogP contribution in [-0.2, 0) is 14.3 Å². The molecule has 0 aliphatic rings. The summed E-state index contributed by atoms with van der Waals surface area (Å²) < 4.78 is 9.46. The molecule has 0 spiro atoms. The first-order valence-corrected chi connectivity index (χ1v) is 6.73. The monoisotopic (exact) mass is 306 g/mol. The lowest BCUT2D eigenvalue weighted by atomic mass is 10.1. The van der Waals surface area contributed by atoms with E-state index in [1.807, 2.05) is 0 Å². The third-order valence-corrected chi connectivity index (χ3v) is 2.92. The number of esters is 3. The van der Waals surface area contributed by atoms with Gasteiger partial charge in [-0.25, -0.2) is 14.4 Å². The van der Waals surface area contributed by atoms with Gasteiger partial charge in [-0.15, -0.1) is 0 Å². The fraction of sp³-hybridized carbons (Fsp3) is 0.312. The lowest BCUT2D eigenvalue weighted by Crippen LogP contribution is -2.18. The van der Waals surface area contributed by atoms with Crippen LogP contribution in [0.4, 0.5) is 0 Å². The largest absolute Gasteiger partial charge is 0.459 e. The van der Waals surface area contributed by atoms with Crippen LogP contribution in [0, 0.1) is 6.92 Å². The van der Waals surface area contributed by atoms with Crippen LogP contribution in [-0.4, -0.2) is 35.7 Å². The highest BCUT2D eigenvalue weighted by molar-refractivity contribution is 6.00. The summed E-state index contributed by atoms with van der Waals surface area (Å²) in [6.45, 7) is 6.50. The van der Waals surface area contributed by atoms with Crippen LogP contribution in [0.25, 0.3) is 0 Å². The fourth-order valence-corrected chi connectivity index (χ4v) is 1.58. The molecule has 1 atom stereocenters. The Morgan fingerprint density at radius 1 is 1.32 bits per heavy atom. The van der Waals surface area contributed by atoms with Crippen molar-refractivity contribution >= 4 is 17.9 Å². The minimum Gasteiger partial charge on any atom is -0.459 e. The predicted octanol–water partition coefficient (Wildman–Crippen LogP) is 1.79. The first-order valence-electron chi connectivity index (χ1n) is 6.73. The minimum atomic E-state index is -0.848. The van der Waals surface area contributed by atoms with Gasteiger partial charge >= 0.3 is 17.9 Å². The number of rotatable bonds is 6. The quantitative estimate of drug-likeness (QED) is 0.489. The summed E-state index contributed by atoms with van der Waals surface area (Å²) in [5.74, 6) is -2.26. The van der Waals surface area contributed by atoms with E-state index in [9.17, 15) is 19.5 Å². The van der Waals surface area contributed by atoms with Crippen molar-refractivity contribution in [3.63, 3.8) is 0 Å². The molecule has 1 aromatic carbocycles. The maximum Gasteiger partial charge on any atom is 0.346 e. The Balaban J connectivity index is 2.81. The van der Waals surface area contributed by atoms with Crippen LogP contribution in [0.5, 0.6) is 0 Å². The zero-order valence-electron chi connectivity index (χ0n) is 12.5. The molecular weight excluding hydrogens is 288 g/mol. The van der Waals surface area contributed by atoms with E-state index in [1.54, 1.807) is 13.8 Å². The fourth-order valence-electron chi connectivity index (χ4n) is 1.58. The second-order valence-corrected chi connectivity index (χ2v) is 4.60. The van der Waals surface area contributed by atoms with Gasteiger partial charge in [0.2, 0.25) is 0 Å². The highest BCUT2D eigenvalue weighted by atomic mass is 16.6. The zero-order chi connectivity index (χ0) is 16.7. The number of aliphatic hydroxyl groups is 1. The molecule has 0 fully saturated rings. The Morgan fingerprint density at radius 3 is 2.55 bits per heavy atom. The van der Waals surface area contributed by atoms with Gasteiger partial charge in [-0.2, -0.15) is 0 Å². The third-order valence-electron chi connectivity index (χ3n) is 2.92. The summed E-state index contributed by atoms with van der Waals surface area (Å²) in [5, 5.41) is 9.37. The first kappa shape index (κ1) is 17.6. The molecule has 0 bridgehead atoms. The first-order chi connectivity index (χ1) is 10.4. The molecule has 0 radical (unpaired) electrons. The molecule has 0 aliphatic carbocycles. The summed E-state index contributed by atoms with van der Waals surface area (Å²) >= 11 is 0. The van der Waals surface area contributed by atoms with E-state index >= 15 is 0 Å². The van der Waals surface area contributed by atoms with Crippen LogP contribution in [0.15, 0.2) is 30.9 Å². The minimum absolute atomic E-state index is 0.0909. The van der Waals surface area contributed by atoms with Crippen LogP contribution < -0.4 is 0 Å². The van der Waals surface area contributed by atoms with E-state index in [0.717, 1.165) is 6.08 Å². The molecule has 0 amide bonds. The number of hydrogen-bond acceptors (Lipinski definition) is 6. The topological polar surface area (TPSA) is 89.9 Å². The van der Waals surface area contributed by atoms with E-state index in [2.05, 4.69) is 11.3 Å². The van der Waals surface area contributed by atoms with E-state index < -0.39 is 24.0 Å². The van der Waals surface area contributed by atoms with E-state index in [0.29, 0.717) is 12.0 Å². The lowest BCUT2D eigenvalue weighted by Gasteiger charge is -2.11. The highest BCUT2D eigenvalue weighted by Crippen LogP contribution is 2.14. The van der Waals surface area contributed by atoms with Gasteiger partial charge in [-0.3, -0.25) is 0 Å². The third kappa shape index (κ3) is 4.82. The van der Waals surface area contributed by atoms with Crippen LogP contribution >= 0.6 is 0 Å². The molecule has 1 aromatic rings. The van der Waals surface area contributed by atoms with Gasteiger partial charge in [0, 0.05) is 6.08 Å². The molecule has 0 aliphatic heterocycles. The normalized spacial score (nSPS) is 11.4. The van der Waals surface area contributed by atoms with Gasteiger partial charge in [-0.05, 0) is 37.1 Å². The molecule has 22 heavy (non-hydrogen) atoms. The smallest absolute Gasteiger partial charge is 0.346 e. The summed E-state index contributed by atoms with van der Waals surface area (Å²) in [6.07, 6.45) is 0.660. The van der Waals surface area contributed by atoms with E-state index in [1.165, 1.54) is 18.2 Å². The Labute approximate surface area is 128 Å². The number of hydrogen-bond donors (Lipinski definition) is 1. The average molecular weight is 306 g/mol. The van der Waals surface area contributed by atoms with Crippen molar-refractivity contribution in [1.82, 2.24) is 0 Å². The van der Waals surface area contributed by atoms with Gasteiger partial charge in [0.05, 0.1) is 17.2 Å². The van der Waals surface area contributed by atoms with Gasteiger partial charge in [0.1, 0.15) is 6.61 Å². The van der Waals surface area contributed by atoms with Crippen molar-refractivity contribution in [2.45, 2.75) is 26.4 Å². The predicted molar refractivity (Wildman–Crippen MR) is 78.4 cm³/mol. The molecule has 1 rings (SSSR count). The van der Waals surface area contributed by atoms with E-state index in [4.69, 9.17) is 4.74 Å². The average Bonchev–Trinajstić information content (AvgIpc) is 2.51. The second-order valence-electron chi connectivity index (χ2n) is 4.60. The maximum absolute atomic E-state index is 11.9. The summed E-state index contributed by atoms with van der Waals surface area (Å²) in [6, 6.07) is 4.19. The van der Waals surface area contributed by atoms with Gasteiger partial charge in [0.25, 0.3) is 0 Å². The molecule has 0 aromatic heterocycles. The van der Waals surface area contributed by atoms with Gasteiger partial charge in [-0.1, -0.05) is 13.5 Å². The molecule has 6 nitrogen and oxygen atoms in total. The van der Waals surface area contributed by atoms with Crippen molar-refractivity contribution in [1.29, 1.82) is 0 Å². The van der Waals surface area contributed by atoms with Gasteiger partial charge in [0.15, 0.2) is 0 Å². The summed E-state index contributed by atoms with van der Waals surface area (Å²) in [5.41, 5.74) is 0.907. The number of benzene rings is 1. The standard InChI is InChI=1S/C16H18O6/c1-4-12(17)9-21-16(20)13-7-6-11(8-10(13)3)15(19)22-14(18)5-2/h5-8,12,17H,2,4,9H2,1,3H3. The van der Waals surface area contributed by atoms with Crippen molar-refractivity contribution in [3.8, 4) is 0 Å². The van der Waals surface area contributed by atoms with Crippen LogP contribution in [0.2, 0.25) is 0 Å². The number of carbonyl (C=O) groups excluding carboxylic acids is 3. The second kappa shape index (κ2) is 8.09. The summed E-state index contributed by atoms with van der Waals surface area (Å²) in [7, 11) is 0. The number of aliphatic hydroxyl groups excluding tert-OH is 1. The highest BCUT2D eigenvalue weighted by Gasteiger charge is 2.16. The molecule has 1 N–H and O–H groups in total. The van der Waals surface area contributed by atoms with Crippen LogP contribution in [0.1, 0.15) is 39.6 Å². The molecule has 1 unspecified atom stereocenters. The number of ether oxygens (including phenoxy) is 2. The van der Waals surface area contributed by atoms with Crippen molar-refractivity contribution in [2.75, 3.05) is 6.61 Å². The van der Waals surface area contributed by atoms with Crippen molar-refractivity contribution in [3.05, 3.63) is 47.5 Å². The molecule has 6 heteroatoms. The maximum atomic E-state index is 11.9. The zero-order valence-corrected chi connectivity index (χ0v) is 12.5. The Kier molecular flexibility index (Phi) is 6.47. The molecule has 0 heterocycles. The van der Waals surface area contributed by atoms with Crippen LogP contribution in [0.3, 0.4) is 0 Å². The number of aryl methyl sites for hydroxylation is 1. The molecular formula is C16H18O6. The Morgan fingerprint density at radius 2 is 2.00 bits per heavy atom. The molecule has 118 valence electrons. The Bertz CT molecular complexity index is 590. The van der Waals surface area contributed by atoms with Crippen molar-refractivity contribution in [2.24, 2.45) is 0 Å². The number of carbonyl (C=O) groups is 3. The SMILES string of the molecule is C=CC(=O)OC(=O)c1ccc(C(=O)OCC(O)CC)c(C)c1. The Hall–Kier alpha value is -2.47. The van der Waals surface area contributed by atoms with E-state index in [-0.39, 0.29) is 17.7 Å². The van der Waals surface area contributed by atoms with Gasteiger partial charge < -0.3 is 14.6 Å². The van der Waals surface area contributed by atoms with Crippen molar-refractivity contribution < 1.29 is 29.0 Å². The molecule has 0 saturated carbocycles. The summed E-state index contributed by atoms with van der Waals surface area (Å²) in [4.78, 5) is 34.5.